The summed E-state index contributed by atoms with van der Waals surface area (Å²) < 4.78 is 33.5. The molecule has 2 rings (SSSR count). The van der Waals surface area contributed by atoms with E-state index in [1.807, 2.05) is 0 Å². The van der Waals surface area contributed by atoms with Gasteiger partial charge in [-0.05, 0) is 44.9 Å². The van der Waals surface area contributed by atoms with Crippen LogP contribution in [0, 0.1) is 0 Å². The highest BCUT2D eigenvalue weighted by Gasteiger charge is 2.47. The van der Waals surface area contributed by atoms with Crippen LogP contribution in [0.2, 0.25) is 0 Å². The van der Waals surface area contributed by atoms with Crippen molar-refractivity contribution in [3.05, 3.63) is 36.5 Å². The first kappa shape index (κ1) is 57.8. The Hall–Kier alpha value is -2.28. The van der Waals surface area contributed by atoms with Crippen LogP contribution in [0.5, 0.6) is 0 Å². The molecular weight excluding hydrogens is 829 g/mol. The molecule has 2 heterocycles. The lowest BCUT2D eigenvalue weighted by molar-refractivity contribution is -0.332. The first-order chi connectivity index (χ1) is 31.0. The Morgan fingerprint density at radius 2 is 0.984 bits per heavy atom. The maximum Gasteiger partial charge on any atom is 0.306 e. The maximum absolute atomic E-state index is 13.0. The number of esters is 2. The van der Waals surface area contributed by atoms with Gasteiger partial charge in [-0.15, -0.1) is 0 Å². The number of ether oxygens (including phenoxy) is 6. The van der Waals surface area contributed by atoms with Gasteiger partial charge in [-0.3, -0.25) is 9.59 Å². The number of carbonyl (C=O) groups is 2. The van der Waals surface area contributed by atoms with Gasteiger partial charge < -0.3 is 64.2 Å². The Morgan fingerprint density at radius 1 is 0.516 bits per heavy atom. The zero-order valence-corrected chi connectivity index (χ0v) is 39.0. The molecule has 7 N–H and O–H groups in total. The highest BCUT2D eigenvalue weighted by molar-refractivity contribution is 5.70. The van der Waals surface area contributed by atoms with Crippen molar-refractivity contribution in [3.8, 4) is 0 Å². The minimum absolute atomic E-state index is 0.147. The van der Waals surface area contributed by atoms with E-state index >= 15 is 0 Å². The largest absolute Gasteiger partial charge is 0.462 e. The lowest BCUT2D eigenvalue weighted by atomic mass is 9.98. The fourth-order valence-corrected chi connectivity index (χ4v) is 7.58. The molecule has 2 aliphatic rings. The smallest absolute Gasteiger partial charge is 0.306 e. The van der Waals surface area contributed by atoms with Crippen molar-refractivity contribution in [2.75, 3.05) is 26.4 Å². The average Bonchev–Trinajstić information content (AvgIpc) is 3.29. The lowest BCUT2D eigenvalue weighted by Crippen LogP contribution is -2.61. The molecule has 0 unspecified atom stereocenters. The van der Waals surface area contributed by atoms with Crippen molar-refractivity contribution < 1.29 is 73.8 Å². The molecule has 11 atom stereocenters. The maximum atomic E-state index is 13.0. The van der Waals surface area contributed by atoms with Crippen LogP contribution in [0.3, 0.4) is 0 Å². The van der Waals surface area contributed by atoms with E-state index in [0.717, 1.165) is 70.6 Å². The third-order valence-corrected chi connectivity index (χ3v) is 11.6. The molecule has 0 spiro atoms. The molecule has 0 radical (unpaired) electrons. The molecule has 2 fully saturated rings. The topological polar surface area (TPSA) is 231 Å². The number of rotatable bonds is 37. The number of allylic oxidation sites excluding steroid dienone is 6. The molecule has 0 saturated carbocycles. The Labute approximate surface area is 383 Å². The summed E-state index contributed by atoms with van der Waals surface area (Å²) in [6, 6.07) is 0. The van der Waals surface area contributed by atoms with Gasteiger partial charge in [-0.1, -0.05) is 147 Å². The second-order valence-corrected chi connectivity index (χ2v) is 17.3. The molecule has 15 nitrogen and oxygen atoms in total. The highest BCUT2D eigenvalue weighted by Crippen LogP contribution is 2.26. The van der Waals surface area contributed by atoms with E-state index in [1.165, 1.54) is 57.8 Å². The zero-order valence-electron chi connectivity index (χ0n) is 39.0. The van der Waals surface area contributed by atoms with Crippen LogP contribution in [-0.4, -0.2) is 142 Å². The van der Waals surface area contributed by atoms with Crippen LogP contribution in [0.25, 0.3) is 0 Å². The summed E-state index contributed by atoms with van der Waals surface area (Å²) in [7, 11) is 0. The zero-order chi connectivity index (χ0) is 46.8. The van der Waals surface area contributed by atoms with Crippen LogP contribution in [0.15, 0.2) is 36.5 Å². The van der Waals surface area contributed by atoms with Gasteiger partial charge in [0.1, 0.15) is 55.4 Å². The molecule has 0 aliphatic carbocycles. The molecule has 0 amide bonds. The van der Waals surface area contributed by atoms with Gasteiger partial charge in [0.25, 0.3) is 0 Å². The molecule has 15 heteroatoms. The van der Waals surface area contributed by atoms with E-state index in [2.05, 4.69) is 50.3 Å². The van der Waals surface area contributed by atoms with Crippen LogP contribution >= 0.6 is 0 Å². The Morgan fingerprint density at radius 3 is 1.55 bits per heavy atom. The molecule has 0 bridgehead atoms. The summed E-state index contributed by atoms with van der Waals surface area (Å²) in [6.45, 7) is 2.45. The van der Waals surface area contributed by atoms with Crippen LogP contribution in [0.1, 0.15) is 168 Å². The number of aliphatic hydroxyl groups excluding tert-OH is 7. The van der Waals surface area contributed by atoms with E-state index in [0.29, 0.717) is 12.8 Å². The Bertz CT molecular complexity index is 1260. The first-order valence-electron chi connectivity index (χ1n) is 24.6. The van der Waals surface area contributed by atoms with E-state index < -0.39 is 92.7 Å². The molecular formula is C49H86O15. The summed E-state index contributed by atoms with van der Waals surface area (Å²) in [5.74, 6) is -0.943. The molecule has 372 valence electrons. The van der Waals surface area contributed by atoms with Crippen LogP contribution < -0.4 is 0 Å². The van der Waals surface area contributed by atoms with E-state index in [4.69, 9.17) is 28.4 Å². The van der Waals surface area contributed by atoms with Gasteiger partial charge in [0.15, 0.2) is 18.7 Å². The highest BCUT2D eigenvalue weighted by atomic mass is 16.7. The normalized spacial score (nSPS) is 26.9. The Kier molecular flexibility index (Phi) is 33.3. The van der Waals surface area contributed by atoms with E-state index in [-0.39, 0.29) is 26.1 Å². The lowest BCUT2D eigenvalue weighted by Gasteiger charge is -2.42. The van der Waals surface area contributed by atoms with Gasteiger partial charge in [0, 0.05) is 12.8 Å². The summed E-state index contributed by atoms with van der Waals surface area (Å²) in [5, 5.41) is 72.0. The van der Waals surface area contributed by atoms with E-state index in [1.54, 1.807) is 0 Å². The third kappa shape index (κ3) is 25.0. The predicted molar refractivity (Wildman–Crippen MR) is 243 cm³/mol. The van der Waals surface area contributed by atoms with Gasteiger partial charge >= 0.3 is 11.9 Å². The quantitative estimate of drug-likeness (QED) is 0.0211. The van der Waals surface area contributed by atoms with Crippen molar-refractivity contribution in [2.45, 2.75) is 235 Å². The number of hydrogen-bond acceptors (Lipinski definition) is 15. The standard InChI is InChI=1S/C49H86O15/c1-3-5-7-9-11-13-15-17-18-20-22-24-26-28-30-32-41(52)62-37(34-59-40(51)31-29-27-25-23-21-19-16-14-12-10-8-6-4-2)35-60-48-47(58)45(56)43(54)39(64-48)36-61-49-46(57)44(55)42(53)38(33-50)63-49/h5,7,11,13,17-18,37-39,42-50,53-58H,3-4,6,8-10,12,14-16,19-36H2,1-2H3/b7-5-,13-11-,18-17-/t37-,38-,39-,42+,43+,44+,45+,46-,47-,48-,49-/m1/s1. The first-order valence-corrected chi connectivity index (χ1v) is 24.6. The summed E-state index contributed by atoms with van der Waals surface area (Å²) in [5.41, 5.74) is 0. The molecule has 0 aromatic carbocycles. The van der Waals surface area contributed by atoms with Gasteiger partial charge in [-0.25, -0.2) is 0 Å². The van der Waals surface area contributed by atoms with Gasteiger partial charge in [-0.2, -0.15) is 0 Å². The van der Waals surface area contributed by atoms with Crippen LogP contribution in [0.4, 0.5) is 0 Å². The van der Waals surface area contributed by atoms with Crippen LogP contribution in [-0.2, 0) is 38.0 Å². The fraction of sp³-hybridized carbons (Fsp3) is 0.837. The molecule has 0 aromatic heterocycles. The predicted octanol–water partition coefficient (Wildman–Crippen LogP) is 6.15. The van der Waals surface area contributed by atoms with Crippen molar-refractivity contribution in [2.24, 2.45) is 0 Å². The van der Waals surface area contributed by atoms with Crippen molar-refractivity contribution in [1.29, 1.82) is 0 Å². The molecule has 0 aromatic rings. The summed E-state index contributed by atoms with van der Waals surface area (Å²) in [4.78, 5) is 25.7. The minimum Gasteiger partial charge on any atom is -0.462 e. The van der Waals surface area contributed by atoms with Gasteiger partial charge in [0.2, 0.25) is 0 Å². The van der Waals surface area contributed by atoms with Gasteiger partial charge in [0.05, 0.1) is 19.8 Å². The average molecular weight is 915 g/mol. The second kappa shape index (κ2) is 36.8. The molecule has 2 aliphatic heterocycles. The van der Waals surface area contributed by atoms with Crippen molar-refractivity contribution >= 4 is 11.9 Å². The number of unbranched alkanes of at least 4 members (excludes halogenated alkanes) is 17. The van der Waals surface area contributed by atoms with Crippen molar-refractivity contribution in [1.82, 2.24) is 0 Å². The van der Waals surface area contributed by atoms with Crippen molar-refractivity contribution in [3.63, 3.8) is 0 Å². The Balaban J connectivity index is 1.84. The van der Waals surface area contributed by atoms with E-state index in [9.17, 15) is 45.3 Å². The monoisotopic (exact) mass is 915 g/mol. The number of aliphatic hydroxyl groups is 7. The number of carbonyl (C=O) groups excluding carboxylic acids is 2. The third-order valence-electron chi connectivity index (χ3n) is 11.6. The minimum atomic E-state index is -1.77. The molecule has 2 saturated heterocycles. The second-order valence-electron chi connectivity index (χ2n) is 17.3. The number of hydrogen-bond donors (Lipinski definition) is 7. The summed E-state index contributed by atoms with van der Waals surface area (Å²) >= 11 is 0. The fourth-order valence-electron chi connectivity index (χ4n) is 7.58. The molecule has 64 heavy (non-hydrogen) atoms. The SMILES string of the molecule is CC/C=C\C/C=C\C/C=C\CCCCCCCC(=O)O[C@H](COC(=O)CCCCCCCCCCCCCCC)CO[C@@H]1O[C@H](CO[C@@H]2O[C@H](CO)[C@H](O)[C@H](O)[C@H]2O)[C@H](O)[C@H](O)[C@H]1O. The summed E-state index contributed by atoms with van der Waals surface area (Å²) in [6.07, 6.45) is 20.3.